The van der Waals surface area contributed by atoms with Gasteiger partial charge in [0.05, 0.1) is 33.2 Å². The summed E-state index contributed by atoms with van der Waals surface area (Å²) >= 11 is 0. The highest BCUT2D eigenvalue weighted by atomic mass is 15.4. The summed E-state index contributed by atoms with van der Waals surface area (Å²) in [4.78, 5) is 12.5. The first-order valence-corrected chi connectivity index (χ1v) is 6.40. The molecule has 2 aromatic heterocycles. The predicted octanol–water partition coefficient (Wildman–Crippen LogP) is -1.42. The summed E-state index contributed by atoms with van der Waals surface area (Å²) in [5.41, 5.74) is 1.65. The molecule has 3 rings (SSSR count). The van der Waals surface area contributed by atoms with Gasteiger partial charge in [-0.15, -0.1) is 5.10 Å². The van der Waals surface area contributed by atoms with Crippen molar-refractivity contribution < 1.29 is 4.90 Å². The SMILES string of the molecule is CCn1nnc2c(N3CC[NH+](C)CC3)ncnc21. The maximum absolute atomic E-state index is 4.39. The van der Waals surface area contributed by atoms with E-state index in [0.29, 0.717) is 0 Å². The molecule has 0 amide bonds. The lowest BCUT2D eigenvalue weighted by Crippen LogP contribution is -3.12. The zero-order chi connectivity index (χ0) is 12.5. The second-order valence-electron chi connectivity index (χ2n) is 4.72. The van der Waals surface area contributed by atoms with Crippen molar-refractivity contribution in [1.29, 1.82) is 0 Å². The summed E-state index contributed by atoms with van der Waals surface area (Å²) < 4.78 is 1.81. The Bertz CT molecular complexity index is 541. The number of fused-ring (bicyclic) bond motifs is 1. The van der Waals surface area contributed by atoms with Crippen molar-refractivity contribution in [2.75, 3.05) is 38.1 Å². The lowest BCUT2D eigenvalue weighted by molar-refractivity contribution is -0.880. The van der Waals surface area contributed by atoms with Crippen LogP contribution >= 0.6 is 0 Å². The molecule has 0 bridgehead atoms. The molecule has 7 nitrogen and oxygen atoms in total. The molecule has 96 valence electrons. The molecule has 0 aromatic carbocycles. The molecule has 1 saturated heterocycles. The highest BCUT2D eigenvalue weighted by molar-refractivity contribution is 5.82. The van der Waals surface area contributed by atoms with Gasteiger partial charge in [0.2, 0.25) is 0 Å². The van der Waals surface area contributed by atoms with E-state index in [0.717, 1.165) is 49.7 Å². The molecule has 2 aromatic rings. The van der Waals surface area contributed by atoms with Crippen molar-refractivity contribution in [3.63, 3.8) is 0 Å². The minimum Gasteiger partial charge on any atom is -0.343 e. The molecule has 1 aliphatic heterocycles. The van der Waals surface area contributed by atoms with Crippen LogP contribution in [0.3, 0.4) is 0 Å². The van der Waals surface area contributed by atoms with Crippen molar-refractivity contribution in [1.82, 2.24) is 25.0 Å². The number of nitrogens with zero attached hydrogens (tertiary/aromatic N) is 6. The zero-order valence-corrected chi connectivity index (χ0v) is 10.8. The van der Waals surface area contributed by atoms with E-state index in [2.05, 4.69) is 32.2 Å². The lowest BCUT2D eigenvalue weighted by atomic mass is 10.3. The second-order valence-corrected chi connectivity index (χ2v) is 4.72. The maximum Gasteiger partial charge on any atom is 0.183 e. The molecule has 0 spiro atoms. The normalized spacial score (nSPS) is 17.6. The van der Waals surface area contributed by atoms with E-state index >= 15 is 0 Å². The van der Waals surface area contributed by atoms with Crippen LogP contribution in [0.1, 0.15) is 6.92 Å². The largest absolute Gasteiger partial charge is 0.343 e. The third-order valence-electron chi connectivity index (χ3n) is 3.50. The first kappa shape index (κ1) is 11.3. The number of quaternary nitrogens is 1. The van der Waals surface area contributed by atoms with Crippen LogP contribution in [0.15, 0.2) is 6.33 Å². The molecule has 0 radical (unpaired) electrons. The number of piperazine rings is 1. The quantitative estimate of drug-likeness (QED) is 0.706. The highest BCUT2D eigenvalue weighted by Crippen LogP contribution is 2.19. The first-order valence-electron chi connectivity index (χ1n) is 6.40. The van der Waals surface area contributed by atoms with Gasteiger partial charge in [-0.1, -0.05) is 5.21 Å². The van der Waals surface area contributed by atoms with E-state index < -0.39 is 0 Å². The minimum atomic E-state index is 0.778. The minimum absolute atomic E-state index is 0.778. The number of hydrogen-bond donors (Lipinski definition) is 1. The standard InChI is InChI=1S/C11H17N7/c1-3-18-11-9(14-15-18)10(12-8-13-11)17-6-4-16(2)5-7-17/h8H,3-7H2,1-2H3/p+1. The molecule has 18 heavy (non-hydrogen) atoms. The van der Waals surface area contributed by atoms with Gasteiger partial charge in [-0.3, -0.25) is 0 Å². The Kier molecular flexibility index (Phi) is 2.83. The highest BCUT2D eigenvalue weighted by Gasteiger charge is 2.22. The molecular weight excluding hydrogens is 230 g/mol. The van der Waals surface area contributed by atoms with E-state index in [9.17, 15) is 0 Å². The summed E-state index contributed by atoms with van der Waals surface area (Å²) in [5.74, 6) is 0.923. The van der Waals surface area contributed by atoms with Gasteiger partial charge >= 0.3 is 0 Å². The van der Waals surface area contributed by atoms with Gasteiger partial charge in [0.15, 0.2) is 17.0 Å². The third-order valence-corrected chi connectivity index (χ3v) is 3.50. The number of nitrogens with one attached hydrogen (secondary N) is 1. The molecule has 0 aliphatic carbocycles. The lowest BCUT2D eigenvalue weighted by Gasteiger charge is -2.30. The average molecular weight is 248 g/mol. The Labute approximate surface area is 105 Å². The van der Waals surface area contributed by atoms with Crippen LogP contribution in [0.25, 0.3) is 11.2 Å². The van der Waals surface area contributed by atoms with Gasteiger partial charge in [-0.05, 0) is 6.92 Å². The predicted molar refractivity (Wildman–Crippen MR) is 67.6 cm³/mol. The molecule has 7 heteroatoms. The molecule has 0 saturated carbocycles. The Hall–Kier alpha value is -1.76. The number of aryl methyl sites for hydroxylation is 1. The summed E-state index contributed by atoms with van der Waals surface area (Å²) in [6.07, 6.45) is 1.61. The van der Waals surface area contributed by atoms with Gasteiger partial charge in [0, 0.05) is 6.54 Å². The summed E-state index contributed by atoms with van der Waals surface area (Å²) in [5, 5.41) is 8.34. The fourth-order valence-corrected chi connectivity index (χ4v) is 2.32. The van der Waals surface area contributed by atoms with E-state index in [4.69, 9.17) is 0 Å². The smallest absolute Gasteiger partial charge is 0.183 e. The summed E-state index contributed by atoms with van der Waals surface area (Å²) in [7, 11) is 2.22. The fourth-order valence-electron chi connectivity index (χ4n) is 2.32. The monoisotopic (exact) mass is 248 g/mol. The molecular formula is C11H18N7+. The van der Waals surface area contributed by atoms with Crippen molar-refractivity contribution >= 4 is 17.0 Å². The number of aromatic nitrogens is 5. The molecule has 3 heterocycles. The Morgan fingerprint density at radius 2 is 2.06 bits per heavy atom. The topological polar surface area (TPSA) is 64.2 Å². The van der Waals surface area contributed by atoms with E-state index in [1.165, 1.54) is 0 Å². The van der Waals surface area contributed by atoms with Crippen molar-refractivity contribution in [3.05, 3.63) is 6.33 Å². The van der Waals surface area contributed by atoms with Gasteiger partial charge < -0.3 is 9.80 Å². The van der Waals surface area contributed by atoms with Crippen molar-refractivity contribution in [2.24, 2.45) is 0 Å². The number of likely N-dealkylation sites (N-methyl/N-ethyl adjacent to an activating group) is 1. The molecule has 0 unspecified atom stereocenters. The fraction of sp³-hybridized carbons (Fsp3) is 0.636. The molecule has 1 N–H and O–H groups in total. The number of hydrogen-bond acceptors (Lipinski definition) is 5. The number of rotatable bonds is 2. The van der Waals surface area contributed by atoms with E-state index in [1.54, 1.807) is 11.2 Å². The van der Waals surface area contributed by atoms with Gasteiger partial charge in [0.25, 0.3) is 0 Å². The van der Waals surface area contributed by atoms with E-state index in [1.807, 2.05) is 11.6 Å². The van der Waals surface area contributed by atoms with Crippen LogP contribution in [0.5, 0.6) is 0 Å². The Morgan fingerprint density at radius 3 is 2.78 bits per heavy atom. The second kappa shape index (κ2) is 4.49. The van der Waals surface area contributed by atoms with Crippen molar-refractivity contribution in [2.45, 2.75) is 13.5 Å². The van der Waals surface area contributed by atoms with Crippen LogP contribution in [-0.4, -0.2) is 58.2 Å². The van der Waals surface area contributed by atoms with Crippen LogP contribution in [0, 0.1) is 0 Å². The van der Waals surface area contributed by atoms with Gasteiger partial charge in [-0.25, -0.2) is 14.6 Å². The van der Waals surface area contributed by atoms with Crippen LogP contribution in [-0.2, 0) is 6.54 Å². The third kappa shape index (κ3) is 1.80. The average Bonchev–Trinajstić information content (AvgIpc) is 2.82. The van der Waals surface area contributed by atoms with Crippen LogP contribution in [0.4, 0.5) is 5.82 Å². The maximum atomic E-state index is 4.39. The van der Waals surface area contributed by atoms with Gasteiger partial charge in [0.1, 0.15) is 6.33 Å². The van der Waals surface area contributed by atoms with Gasteiger partial charge in [-0.2, -0.15) is 0 Å². The molecule has 0 atom stereocenters. The molecule has 1 aliphatic rings. The number of anilines is 1. The summed E-state index contributed by atoms with van der Waals surface area (Å²) in [6.45, 7) is 7.10. The Morgan fingerprint density at radius 1 is 1.28 bits per heavy atom. The van der Waals surface area contributed by atoms with Crippen LogP contribution in [0.2, 0.25) is 0 Å². The summed E-state index contributed by atoms with van der Waals surface area (Å²) in [6, 6.07) is 0. The molecule has 1 fully saturated rings. The zero-order valence-electron chi connectivity index (χ0n) is 10.8. The van der Waals surface area contributed by atoms with E-state index in [-0.39, 0.29) is 0 Å². The van der Waals surface area contributed by atoms with Crippen LogP contribution < -0.4 is 9.80 Å². The Balaban J connectivity index is 1.99. The first-order chi connectivity index (χ1) is 8.79. The van der Waals surface area contributed by atoms with Crippen molar-refractivity contribution in [3.8, 4) is 0 Å².